The van der Waals surface area contributed by atoms with Crippen molar-refractivity contribution in [2.75, 3.05) is 19.0 Å². The summed E-state index contributed by atoms with van der Waals surface area (Å²) in [5.74, 6) is 1.26. The maximum absolute atomic E-state index is 11.0. The number of rotatable bonds is 4. The van der Waals surface area contributed by atoms with Crippen LogP contribution in [0.3, 0.4) is 0 Å². The van der Waals surface area contributed by atoms with E-state index in [2.05, 4.69) is 15.9 Å². The van der Waals surface area contributed by atoms with E-state index in [4.69, 9.17) is 4.74 Å². The monoisotopic (exact) mass is 319 g/mol. The maximum Gasteiger partial charge on any atom is 0.153 e. The van der Waals surface area contributed by atoms with E-state index in [-0.39, 0.29) is 0 Å². The Morgan fingerprint density at radius 3 is 2.63 bits per heavy atom. The lowest BCUT2D eigenvalue weighted by Gasteiger charge is -2.14. The first-order valence-electron chi connectivity index (χ1n) is 5.80. The van der Waals surface area contributed by atoms with Crippen LogP contribution in [0, 0.1) is 0 Å². The van der Waals surface area contributed by atoms with Crippen molar-refractivity contribution in [2.45, 2.75) is 0 Å². The summed E-state index contributed by atoms with van der Waals surface area (Å²) in [6, 6.07) is 13.1. The molecule has 0 aromatic heterocycles. The molecule has 0 saturated heterocycles. The number of carbonyl (C=O) groups is 1. The van der Waals surface area contributed by atoms with Crippen molar-refractivity contribution in [2.24, 2.45) is 0 Å². The molecule has 0 aliphatic carbocycles. The van der Waals surface area contributed by atoms with Gasteiger partial charge in [-0.1, -0.05) is 22.0 Å². The second kappa shape index (κ2) is 5.89. The number of nitrogens with zero attached hydrogens (tertiary/aromatic N) is 1. The van der Waals surface area contributed by atoms with E-state index in [1.807, 2.05) is 49.3 Å². The Kier molecular flexibility index (Phi) is 4.22. The summed E-state index contributed by atoms with van der Waals surface area (Å²) >= 11 is 3.33. The van der Waals surface area contributed by atoms with Gasteiger partial charge in [-0.25, -0.2) is 0 Å². The summed E-state index contributed by atoms with van der Waals surface area (Å²) in [6.07, 6.45) is 0.788. The van der Waals surface area contributed by atoms with Crippen molar-refractivity contribution in [1.29, 1.82) is 0 Å². The van der Waals surface area contributed by atoms with Crippen LogP contribution in [0.2, 0.25) is 0 Å². The molecular formula is C15H14BrNO2. The molecule has 2 aromatic carbocycles. The summed E-state index contributed by atoms with van der Waals surface area (Å²) < 4.78 is 6.62. The first-order chi connectivity index (χ1) is 9.10. The lowest BCUT2D eigenvalue weighted by atomic mass is 10.2. The van der Waals surface area contributed by atoms with Crippen LogP contribution < -0.4 is 9.64 Å². The van der Waals surface area contributed by atoms with Crippen LogP contribution in [-0.2, 0) is 0 Å². The van der Waals surface area contributed by atoms with Crippen LogP contribution in [-0.4, -0.2) is 20.4 Å². The van der Waals surface area contributed by atoms with Gasteiger partial charge in [-0.3, -0.25) is 4.79 Å². The topological polar surface area (TPSA) is 29.5 Å². The summed E-state index contributed by atoms with van der Waals surface area (Å²) in [5.41, 5.74) is 1.56. The Morgan fingerprint density at radius 1 is 1.16 bits per heavy atom. The van der Waals surface area contributed by atoms with Gasteiger partial charge in [0.25, 0.3) is 0 Å². The third-order valence-electron chi connectivity index (χ3n) is 2.66. The van der Waals surface area contributed by atoms with Crippen LogP contribution in [0.25, 0.3) is 0 Å². The minimum atomic E-state index is 0.518. The zero-order valence-electron chi connectivity index (χ0n) is 10.8. The fourth-order valence-electron chi connectivity index (χ4n) is 1.66. The molecule has 0 unspecified atom stereocenters. The Balaban J connectivity index is 2.30. The van der Waals surface area contributed by atoms with Crippen molar-refractivity contribution in [3.05, 3.63) is 52.5 Å². The Morgan fingerprint density at radius 2 is 1.95 bits per heavy atom. The lowest BCUT2D eigenvalue weighted by Crippen LogP contribution is -2.08. The molecule has 0 radical (unpaired) electrons. The number of aldehydes is 1. The predicted octanol–water partition coefficient (Wildman–Crippen LogP) is 4.12. The van der Waals surface area contributed by atoms with Gasteiger partial charge in [-0.05, 0) is 30.3 Å². The predicted molar refractivity (Wildman–Crippen MR) is 80.4 cm³/mol. The van der Waals surface area contributed by atoms with E-state index in [9.17, 15) is 4.79 Å². The second-order valence-electron chi connectivity index (χ2n) is 4.29. The lowest BCUT2D eigenvalue weighted by molar-refractivity contribution is 0.112. The number of carbonyl (C=O) groups excluding carboxylic acids is 1. The van der Waals surface area contributed by atoms with Crippen molar-refractivity contribution in [3.63, 3.8) is 0 Å². The zero-order chi connectivity index (χ0) is 13.8. The number of benzene rings is 2. The van der Waals surface area contributed by atoms with E-state index >= 15 is 0 Å². The smallest absolute Gasteiger partial charge is 0.153 e. The summed E-state index contributed by atoms with van der Waals surface area (Å²) in [7, 11) is 3.94. The highest BCUT2D eigenvalue weighted by molar-refractivity contribution is 9.10. The van der Waals surface area contributed by atoms with Gasteiger partial charge in [-0.15, -0.1) is 0 Å². The van der Waals surface area contributed by atoms with Crippen molar-refractivity contribution < 1.29 is 9.53 Å². The normalized spacial score (nSPS) is 10.1. The van der Waals surface area contributed by atoms with Gasteiger partial charge in [0.1, 0.15) is 11.5 Å². The van der Waals surface area contributed by atoms with E-state index in [0.29, 0.717) is 17.1 Å². The number of ether oxygens (including phenoxy) is 1. The Labute approximate surface area is 120 Å². The standard InChI is InChI=1S/C15H14BrNO2/c1-17(2)13-4-3-5-14(9-13)19-15-7-6-12(16)8-11(15)10-18/h3-10H,1-2H3. The molecule has 0 aliphatic heterocycles. The molecule has 2 aromatic rings. The van der Waals surface area contributed by atoms with Crippen molar-refractivity contribution in [3.8, 4) is 11.5 Å². The molecule has 0 amide bonds. The third-order valence-corrected chi connectivity index (χ3v) is 3.15. The number of anilines is 1. The van der Waals surface area contributed by atoms with Gasteiger partial charge in [0, 0.05) is 30.3 Å². The van der Waals surface area contributed by atoms with Gasteiger partial charge in [0.05, 0.1) is 5.56 Å². The minimum absolute atomic E-state index is 0.518. The molecule has 0 heterocycles. The molecule has 0 aliphatic rings. The highest BCUT2D eigenvalue weighted by Gasteiger charge is 2.06. The van der Waals surface area contributed by atoms with Gasteiger partial charge in [0.15, 0.2) is 6.29 Å². The summed E-state index contributed by atoms with van der Waals surface area (Å²) in [4.78, 5) is 13.0. The summed E-state index contributed by atoms with van der Waals surface area (Å²) in [6.45, 7) is 0. The second-order valence-corrected chi connectivity index (χ2v) is 5.21. The summed E-state index contributed by atoms with van der Waals surface area (Å²) in [5, 5.41) is 0. The van der Waals surface area contributed by atoms with Crippen LogP contribution in [0.5, 0.6) is 11.5 Å². The molecule has 0 spiro atoms. The molecule has 0 fully saturated rings. The first-order valence-corrected chi connectivity index (χ1v) is 6.59. The van der Waals surface area contributed by atoms with E-state index in [0.717, 1.165) is 16.4 Å². The molecule has 2 rings (SSSR count). The van der Waals surface area contributed by atoms with E-state index in [1.165, 1.54) is 0 Å². The fourth-order valence-corrected chi connectivity index (χ4v) is 2.04. The highest BCUT2D eigenvalue weighted by Crippen LogP contribution is 2.28. The largest absolute Gasteiger partial charge is 0.457 e. The highest BCUT2D eigenvalue weighted by atomic mass is 79.9. The van der Waals surface area contributed by atoms with Gasteiger partial charge >= 0.3 is 0 Å². The first kappa shape index (κ1) is 13.6. The minimum Gasteiger partial charge on any atom is -0.457 e. The average Bonchev–Trinajstić information content (AvgIpc) is 2.41. The molecule has 3 nitrogen and oxygen atoms in total. The molecule has 19 heavy (non-hydrogen) atoms. The third kappa shape index (κ3) is 3.35. The SMILES string of the molecule is CN(C)c1cccc(Oc2ccc(Br)cc2C=O)c1. The van der Waals surface area contributed by atoms with Gasteiger partial charge in [-0.2, -0.15) is 0 Å². The van der Waals surface area contributed by atoms with E-state index in [1.54, 1.807) is 12.1 Å². The van der Waals surface area contributed by atoms with E-state index < -0.39 is 0 Å². The van der Waals surface area contributed by atoms with Crippen molar-refractivity contribution >= 4 is 27.9 Å². The van der Waals surface area contributed by atoms with Crippen LogP contribution in [0.1, 0.15) is 10.4 Å². The van der Waals surface area contributed by atoms with Gasteiger partial charge in [0.2, 0.25) is 0 Å². The maximum atomic E-state index is 11.0. The molecular weight excluding hydrogens is 306 g/mol. The number of halogens is 1. The Bertz CT molecular complexity index is 596. The molecule has 4 heteroatoms. The van der Waals surface area contributed by atoms with Crippen LogP contribution in [0.15, 0.2) is 46.9 Å². The molecule has 0 saturated carbocycles. The average molecular weight is 320 g/mol. The quantitative estimate of drug-likeness (QED) is 0.794. The molecule has 0 bridgehead atoms. The van der Waals surface area contributed by atoms with Gasteiger partial charge < -0.3 is 9.64 Å². The number of hydrogen-bond donors (Lipinski definition) is 0. The number of hydrogen-bond acceptors (Lipinski definition) is 3. The van der Waals surface area contributed by atoms with Crippen LogP contribution >= 0.6 is 15.9 Å². The Hall–Kier alpha value is -1.81. The zero-order valence-corrected chi connectivity index (χ0v) is 12.3. The van der Waals surface area contributed by atoms with Crippen LogP contribution in [0.4, 0.5) is 5.69 Å². The molecule has 0 N–H and O–H groups in total. The molecule has 0 atom stereocenters. The van der Waals surface area contributed by atoms with Crippen molar-refractivity contribution in [1.82, 2.24) is 0 Å². The fraction of sp³-hybridized carbons (Fsp3) is 0.133. The molecule has 98 valence electrons.